The van der Waals surface area contributed by atoms with E-state index in [9.17, 15) is 43.2 Å². The molecular weight excluding hydrogens is 1010 g/mol. The van der Waals surface area contributed by atoms with Gasteiger partial charge in [-0.05, 0) is 75.0 Å². The number of amides is 9. The van der Waals surface area contributed by atoms with Crippen LogP contribution in [0.1, 0.15) is 82.3 Å². The number of carbonyl (C=O) groups is 9. The lowest BCUT2D eigenvalue weighted by Crippen LogP contribution is -2.60. The van der Waals surface area contributed by atoms with Crippen LogP contribution < -0.4 is 81.4 Å². The molecule has 2 aromatic carbocycles. The van der Waals surface area contributed by atoms with Crippen molar-refractivity contribution in [1.29, 1.82) is 16.2 Å². The Bertz CT molecular complexity index is 2600. The molecule has 2 heterocycles. The number of aromatic amines is 1. The van der Waals surface area contributed by atoms with Crippen molar-refractivity contribution >= 4 is 81.9 Å². The van der Waals surface area contributed by atoms with E-state index < -0.39 is 95.5 Å². The minimum absolute atomic E-state index is 0.0311. The van der Waals surface area contributed by atoms with Crippen molar-refractivity contribution in [3.05, 3.63) is 71.9 Å². The Morgan fingerprint density at radius 2 is 1.17 bits per heavy atom. The number of rotatable bonds is 20. The van der Waals surface area contributed by atoms with Crippen LogP contribution in [0.2, 0.25) is 0 Å². The van der Waals surface area contributed by atoms with Crippen LogP contribution in [0.5, 0.6) is 0 Å². The second-order valence-corrected chi connectivity index (χ2v) is 18.8. The van der Waals surface area contributed by atoms with Gasteiger partial charge in [0.15, 0.2) is 17.9 Å². The molecule has 1 saturated heterocycles. The van der Waals surface area contributed by atoms with Gasteiger partial charge in [0, 0.05) is 69.5 Å². The van der Waals surface area contributed by atoms with E-state index in [0.717, 1.165) is 10.9 Å². The van der Waals surface area contributed by atoms with E-state index in [1.165, 1.54) is 6.92 Å². The summed E-state index contributed by atoms with van der Waals surface area (Å²) in [5, 5.41) is 52.7. The van der Waals surface area contributed by atoms with Gasteiger partial charge in [-0.15, -0.1) is 0 Å². The smallest absolute Gasteiger partial charge is 0.243 e. The third-order valence-electron chi connectivity index (χ3n) is 12.5. The first-order chi connectivity index (χ1) is 37.2. The molecule has 1 fully saturated rings. The topological polar surface area (TPSA) is 477 Å². The van der Waals surface area contributed by atoms with Crippen molar-refractivity contribution in [3.63, 3.8) is 0 Å². The fourth-order valence-corrected chi connectivity index (χ4v) is 8.51. The number of nitrogens with two attached hydrogens (primary N) is 4. The number of H-pyrrole nitrogens is 1. The average Bonchev–Trinajstić information content (AvgIpc) is 3.80. The summed E-state index contributed by atoms with van der Waals surface area (Å²) in [5.41, 5.74) is 24.2. The molecule has 9 amide bonds. The first-order valence-corrected chi connectivity index (χ1v) is 25.7. The number of nitrogens with one attached hydrogen (secondary N) is 15. The SMILES string of the molecule is CC(=O)N[C@@H](CCCNC(=N)N)C(=O)N[C@H]1CCC(=O)NCCCC(C(N)=O)NC(=O)[C@H](Cc2c[nH]c3ccccc23)NC(=O)[C@H](CCCNC(=N)N)NC(=O)[C@@H](Cc2ccccc2)NC(=O)[C@H](CCCNC(=N)N)NC1=O. The highest BCUT2D eigenvalue weighted by atomic mass is 16.2. The van der Waals surface area contributed by atoms with Crippen molar-refractivity contribution in [3.8, 4) is 0 Å². The Balaban J connectivity index is 1.79. The first kappa shape index (κ1) is 61.6. The fourth-order valence-electron chi connectivity index (χ4n) is 8.51. The monoisotopic (exact) mass is 1090 g/mol. The molecule has 1 aliphatic rings. The van der Waals surface area contributed by atoms with Crippen molar-refractivity contribution in [2.45, 2.75) is 126 Å². The normalized spacial score (nSPS) is 20.6. The molecule has 0 spiro atoms. The van der Waals surface area contributed by atoms with Crippen LogP contribution in [0.25, 0.3) is 10.9 Å². The standard InChI is InChI=1S/C50H75N19O9/c1-28(70)63-34(16-8-22-59-48(52)53)42(73)67-37-19-20-40(71)58-21-7-15-33(41(51)72)64-47(78)39(26-30-27-62-32-14-6-5-13-31(30)32)69-44(75)36(18-10-24-61-50(56)57)66-46(77)38(25-29-11-3-2-4-12-29)68-43(74)35(65-45(37)76)17-9-23-60-49(54)55/h2-6,11-14,27,33-39,62H,7-10,15-26H2,1H3,(H2,51,72)(H,58,71)(H,63,70)(H,64,78)(H,65,76)(H,66,77)(H,67,73)(H,68,74)(H,69,75)(H4,52,53,59)(H4,54,55,60)(H4,56,57,61)/t33?,34-,35-,36-,37-,38+,39-/m0/s1. The molecule has 4 rings (SSSR count). The maximum atomic E-state index is 14.7. The van der Waals surface area contributed by atoms with E-state index in [-0.39, 0.29) is 121 Å². The van der Waals surface area contributed by atoms with Crippen LogP contribution >= 0.6 is 0 Å². The molecule has 1 aromatic heterocycles. The van der Waals surface area contributed by atoms with Gasteiger partial charge in [-0.3, -0.25) is 59.4 Å². The molecule has 23 N–H and O–H groups in total. The minimum atomic E-state index is -1.51. The van der Waals surface area contributed by atoms with Gasteiger partial charge in [0.25, 0.3) is 0 Å². The van der Waals surface area contributed by atoms with E-state index in [1.807, 2.05) is 18.2 Å². The van der Waals surface area contributed by atoms with Crippen molar-refractivity contribution in [2.24, 2.45) is 22.9 Å². The first-order valence-electron chi connectivity index (χ1n) is 25.7. The zero-order valence-electron chi connectivity index (χ0n) is 43.6. The Labute approximate surface area is 450 Å². The second kappa shape index (κ2) is 31.8. The van der Waals surface area contributed by atoms with Gasteiger partial charge in [0.05, 0.1) is 0 Å². The number of hydrogen-bond acceptors (Lipinski definition) is 12. The quantitative estimate of drug-likeness (QED) is 0.0295. The average molecular weight is 1090 g/mol. The van der Waals surface area contributed by atoms with Gasteiger partial charge < -0.3 is 86.4 Å². The number of carbonyl (C=O) groups excluding carboxylic acids is 9. The van der Waals surface area contributed by atoms with E-state index in [1.54, 1.807) is 42.6 Å². The molecule has 0 radical (unpaired) electrons. The Morgan fingerprint density at radius 1 is 0.641 bits per heavy atom. The predicted molar refractivity (Wildman–Crippen MR) is 289 cm³/mol. The van der Waals surface area contributed by atoms with Crippen LogP contribution in [0, 0.1) is 16.2 Å². The van der Waals surface area contributed by atoms with Gasteiger partial charge in [-0.1, -0.05) is 48.5 Å². The van der Waals surface area contributed by atoms with Gasteiger partial charge >= 0.3 is 0 Å². The van der Waals surface area contributed by atoms with Crippen LogP contribution in [-0.4, -0.2) is 144 Å². The van der Waals surface area contributed by atoms with Crippen LogP contribution in [-0.2, 0) is 56.0 Å². The van der Waals surface area contributed by atoms with Crippen LogP contribution in [0.15, 0.2) is 60.8 Å². The fraction of sp³-hybridized carbons (Fsp3) is 0.480. The van der Waals surface area contributed by atoms with E-state index in [0.29, 0.717) is 11.1 Å². The highest BCUT2D eigenvalue weighted by Gasteiger charge is 2.35. The Hall–Kier alpha value is -8.98. The third kappa shape index (κ3) is 21.7. The highest BCUT2D eigenvalue weighted by Crippen LogP contribution is 2.20. The van der Waals surface area contributed by atoms with Gasteiger partial charge in [0.1, 0.15) is 42.3 Å². The molecule has 424 valence electrons. The molecule has 28 nitrogen and oxygen atoms in total. The number of benzene rings is 2. The summed E-state index contributed by atoms with van der Waals surface area (Å²) in [7, 11) is 0. The predicted octanol–water partition coefficient (Wildman–Crippen LogP) is -3.67. The molecule has 0 bridgehead atoms. The molecule has 1 aliphatic heterocycles. The summed E-state index contributed by atoms with van der Waals surface area (Å²) >= 11 is 0. The number of guanidine groups is 3. The lowest BCUT2D eigenvalue weighted by Gasteiger charge is -2.28. The highest BCUT2D eigenvalue weighted by molar-refractivity contribution is 5.98. The molecule has 7 atom stereocenters. The summed E-state index contributed by atoms with van der Waals surface area (Å²) < 4.78 is 0. The summed E-state index contributed by atoms with van der Waals surface area (Å²) in [6.07, 6.45) is 1.21. The van der Waals surface area contributed by atoms with Gasteiger partial charge in [-0.25, -0.2) is 0 Å². The van der Waals surface area contributed by atoms with E-state index in [4.69, 9.17) is 39.2 Å². The molecule has 1 unspecified atom stereocenters. The number of para-hydroxylation sites is 1. The zero-order valence-corrected chi connectivity index (χ0v) is 43.6. The van der Waals surface area contributed by atoms with E-state index in [2.05, 4.69) is 63.5 Å². The lowest BCUT2D eigenvalue weighted by atomic mass is 10.0. The molecule has 28 heteroatoms. The van der Waals surface area contributed by atoms with E-state index >= 15 is 0 Å². The van der Waals surface area contributed by atoms with Crippen LogP contribution in [0.3, 0.4) is 0 Å². The summed E-state index contributed by atoms with van der Waals surface area (Å²) in [6, 6.07) is 6.27. The lowest BCUT2D eigenvalue weighted by molar-refractivity contribution is -0.136. The maximum Gasteiger partial charge on any atom is 0.243 e. The molecular formula is C50H75N19O9. The summed E-state index contributed by atoms with van der Waals surface area (Å²) in [5.74, 6) is -8.13. The van der Waals surface area contributed by atoms with Crippen molar-refractivity contribution < 1.29 is 43.2 Å². The molecule has 0 aliphatic carbocycles. The van der Waals surface area contributed by atoms with Crippen molar-refractivity contribution in [2.75, 3.05) is 26.2 Å². The van der Waals surface area contributed by atoms with Gasteiger partial charge in [0.2, 0.25) is 53.2 Å². The third-order valence-corrected chi connectivity index (χ3v) is 12.5. The maximum absolute atomic E-state index is 14.7. The second-order valence-electron chi connectivity index (χ2n) is 18.8. The number of hydrogen-bond donors (Lipinski definition) is 19. The summed E-state index contributed by atoms with van der Waals surface area (Å²) in [6.45, 7) is 1.52. The number of fused-ring (bicyclic) bond motifs is 1. The zero-order chi connectivity index (χ0) is 57.1. The van der Waals surface area contributed by atoms with Crippen LogP contribution in [0.4, 0.5) is 0 Å². The Kier molecular flexibility index (Phi) is 25.1. The molecule has 78 heavy (non-hydrogen) atoms. The number of primary amides is 1. The Morgan fingerprint density at radius 3 is 1.76 bits per heavy atom. The van der Waals surface area contributed by atoms with Crippen molar-refractivity contribution in [1.82, 2.24) is 63.5 Å². The minimum Gasteiger partial charge on any atom is -0.370 e. The van der Waals surface area contributed by atoms with Gasteiger partial charge in [-0.2, -0.15) is 0 Å². The molecule has 0 saturated carbocycles. The molecule has 3 aromatic rings. The summed E-state index contributed by atoms with van der Waals surface area (Å²) in [4.78, 5) is 128. The number of aromatic nitrogens is 1. The largest absolute Gasteiger partial charge is 0.370 e.